The first-order chi connectivity index (χ1) is 8.33. The number of amides is 1. The molecule has 1 aliphatic heterocycles. The Labute approximate surface area is 112 Å². The smallest absolute Gasteiger partial charge is 0.251 e. The van der Waals surface area contributed by atoms with Gasteiger partial charge in [-0.05, 0) is 44.9 Å². The van der Waals surface area contributed by atoms with E-state index in [0.717, 1.165) is 44.2 Å². The molecule has 17 heavy (non-hydrogen) atoms. The molecule has 0 radical (unpaired) electrons. The molecule has 0 aromatic carbocycles. The zero-order chi connectivity index (χ0) is 12.1. The minimum atomic E-state index is -0.153. The van der Waals surface area contributed by atoms with E-state index >= 15 is 0 Å². The molecule has 1 atom stereocenters. The monoisotopic (exact) mass is 303 g/mol. The second kappa shape index (κ2) is 6.74. The van der Waals surface area contributed by atoms with Gasteiger partial charge >= 0.3 is 0 Å². The van der Waals surface area contributed by atoms with Crippen molar-refractivity contribution in [3.05, 3.63) is 0 Å². The number of carbonyl (C=O) groups excluding carboxylic acids is 1. The van der Waals surface area contributed by atoms with Crippen molar-refractivity contribution in [1.82, 2.24) is 4.90 Å². The highest BCUT2D eigenvalue weighted by atomic mass is 79.9. The lowest BCUT2D eigenvalue weighted by atomic mass is 9.90. The van der Waals surface area contributed by atoms with E-state index in [1.807, 2.05) is 0 Å². The van der Waals surface area contributed by atoms with Crippen LogP contribution in [0.3, 0.4) is 0 Å². The molecule has 1 heterocycles. The fourth-order valence-electron chi connectivity index (χ4n) is 2.52. The average Bonchev–Trinajstić information content (AvgIpc) is 2.32. The van der Waals surface area contributed by atoms with Gasteiger partial charge in [-0.2, -0.15) is 0 Å². The molecule has 1 saturated heterocycles. The first kappa shape index (κ1) is 13.3. The highest BCUT2D eigenvalue weighted by Gasteiger charge is 2.33. The Kier molecular flexibility index (Phi) is 5.29. The number of rotatable bonds is 5. The molecule has 0 aromatic heterocycles. The van der Waals surface area contributed by atoms with Gasteiger partial charge in [0.2, 0.25) is 0 Å². The zero-order valence-corrected chi connectivity index (χ0v) is 12.0. The van der Waals surface area contributed by atoms with Crippen LogP contribution in [-0.2, 0) is 9.53 Å². The van der Waals surface area contributed by atoms with Crippen LogP contribution in [0.5, 0.6) is 0 Å². The summed E-state index contributed by atoms with van der Waals surface area (Å²) in [7, 11) is 0. The third kappa shape index (κ3) is 3.44. The Morgan fingerprint density at radius 3 is 2.59 bits per heavy atom. The molecule has 0 N–H and O–H groups in total. The highest BCUT2D eigenvalue weighted by Crippen LogP contribution is 2.27. The molecule has 0 bridgehead atoms. The summed E-state index contributed by atoms with van der Waals surface area (Å²) in [6.45, 7) is 1.64. The minimum absolute atomic E-state index is 0.153. The second-order valence-corrected chi connectivity index (χ2v) is 5.81. The first-order valence-corrected chi connectivity index (χ1v) is 7.93. The Balaban J connectivity index is 1.90. The number of hydrogen-bond acceptors (Lipinski definition) is 2. The molecule has 98 valence electrons. The predicted octanol–water partition coefficient (Wildman–Crippen LogP) is 2.72. The number of alkyl halides is 1. The lowest BCUT2D eigenvalue weighted by Gasteiger charge is -2.40. The van der Waals surface area contributed by atoms with E-state index in [1.165, 1.54) is 19.3 Å². The van der Waals surface area contributed by atoms with Crippen molar-refractivity contribution in [2.45, 2.75) is 57.1 Å². The largest absolute Gasteiger partial charge is 0.368 e. The van der Waals surface area contributed by atoms with Crippen LogP contribution in [0.4, 0.5) is 0 Å². The number of carbonyl (C=O) groups is 1. The molecule has 1 aliphatic carbocycles. The third-order valence-electron chi connectivity index (χ3n) is 3.79. The zero-order valence-electron chi connectivity index (χ0n) is 10.4. The molecule has 2 aliphatic rings. The van der Waals surface area contributed by atoms with Gasteiger partial charge in [-0.25, -0.2) is 0 Å². The Morgan fingerprint density at radius 2 is 2.06 bits per heavy atom. The van der Waals surface area contributed by atoms with Gasteiger partial charge in [0, 0.05) is 24.5 Å². The van der Waals surface area contributed by atoms with E-state index in [-0.39, 0.29) is 12.0 Å². The van der Waals surface area contributed by atoms with Gasteiger partial charge in [-0.3, -0.25) is 4.79 Å². The van der Waals surface area contributed by atoms with Gasteiger partial charge < -0.3 is 9.64 Å². The molecule has 4 heteroatoms. The fourth-order valence-corrected chi connectivity index (χ4v) is 2.77. The van der Waals surface area contributed by atoms with Crippen LogP contribution in [0.1, 0.15) is 44.9 Å². The van der Waals surface area contributed by atoms with Crippen LogP contribution in [-0.4, -0.2) is 41.4 Å². The van der Waals surface area contributed by atoms with Crippen molar-refractivity contribution < 1.29 is 9.53 Å². The molecular formula is C13H22BrNO2. The summed E-state index contributed by atoms with van der Waals surface area (Å²) >= 11 is 3.44. The van der Waals surface area contributed by atoms with Crippen LogP contribution in [0.2, 0.25) is 0 Å². The van der Waals surface area contributed by atoms with Crippen LogP contribution in [0.15, 0.2) is 0 Å². The van der Waals surface area contributed by atoms with Crippen molar-refractivity contribution in [2.75, 3.05) is 18.5 Å². The van der Waals surface area contributed by atoms with Crippen LogP contribution in [0, 0.1) is 0 Å². The van der Waals surface area contributed by atoms with Crippen LogP contribution in [0.25, 0.3) is 0 Å². The molecule has 3 nitrogen and oxygen atoms in total. The molecule has 1 amide bonds. The molecule has 1 saturated carbocycles. The lowest BCUT2D eigenvalue weighted by Crippen LogP contribution is -2.50. The first-order valence-electron chi connectivity index (χ1n) is 6.81. The average molecular weight is 304 g/mol. The quantitative estimate of drug-likeness (QED) is 0.731. The Morgan fingerprint density at radius 1 is 1.24 bits per heavy atom. The van der Waals surface area contributed by atoms with E-state index in [9.17, 15) is 4.79 Å². The SMILES string of the molecule is O=C(C1CCCCO1)N(CCCBr)C1CCC1. The highest BCUT2D eigenvalue weighted by molar-refractivity contribution is 9.09. The predicted molar refractivity (Wildman–Crippen MR) is 71.4 cm³/mol. The number of nitrogens with zero attached hydrogens (tertiary/aromatic N) is 1. The van der Waals surface area contributed by atoms with E-state index in [0.29, 0.717) is 6.04 Å². The second-order valence-electron chi connectivity index (χ2n) is 5.01. The van der Waals surface area contributed by atoms with Crippen molar-refractivity contribution >= 4 is 21.8 Å². The van der Waals surface area contributed by atoms with Gasteiger partial charge in [-0.15, -0.1) is 0 Å². The molecule has 2 fully saturated rings. The summed E-state index contributed by atoms with van der Waals surface area (Å²) in [6.07, 6.45) is 7.67. The maximum Gasteiger partial charge on any atom is 0.251 e. The van der Waals surface area contributed by atoms with Gasteiger partial charge in [0.1, 0.15) is 6.10 Å². The van der Waals surface area contributed by atoms with E-state index in [4.69, 9.17) is 4.74 Å². The molecule has 2 rings (SSSR count). The van der Waals surface area contributed by atoms with Gasteiger partial charge in [-0.1, -0.05) is 15.9 Å². The van der Waals surface area contributed by atoms with Crippen molar-refractivity contribution in [3.8, 4) is 0 Å². The Bertz CT molecular complexity index is 250. The van der Waals surface area contributed by atoms with E-state index in [1.54, 1.807) is 0 Å². The summed E-state index contributed by atoms with van der Waals surface area (Å²) in [5.41, 5.74) is 0. The third-order valence-corrected chi connectivity index (χ3v) is 4.35. The fraction of sp³-hybridized carbons (Fsp3) is 0.923. The van der Waals surface area contributed by atoms with E-state index in [2.05, 4.69) is 20.8 Å². The number of halogens is 1. The topological polar surface area (TPSA) is 29.5 Å². The normalized spacial score (nSPS) is 25.4. The Hall–Kier alpha value is -0.0900. The molecule has 0 aromatic rings. The summed E-state index contributed by atoms with van der Waals surface area (Å²) < 4.78 is 5.62. The van der Waals surface area contributed by atoms with Crippen LogP contribution < -0.4 is 0 Å². The molecule has 1 unspecified atom stereocenters. The summed E-state index contributed by atoms with van der Waals surface area (Å²) in [5, 5.41) is 0.967. The van der Waals surface area contributed by atoms with Gasteiger partial charge in [0.25, 0.3) is 5.91 Å². The number of hydrogen-bond donors (Lipinski definition) is 0. The van der Waals surface area contributed by atoms with Crippen molar-refractivity contribution in [2.24, 2.45) is 0 Å². The van der Waals surface area contributed by atoms with E-state index < -0.39 is 0 Å². The van der Waals surface area contributed by atoms with Gasteiger partial charge in [0.05, 0.1) is 0 Å². The maximum absolute atomic E-state index is 12.4. The molecular weight excluding hydrogens is 282 g/mol. The number of ether oxygens (including phenoxy) is 1. The van der Waals surface area contributed by atoms with Crippen molar-refractivity contribution in [3.63, 3.8) is 0 Å². The standard InChI is InChI=1S/C13H22BrNO2/c14-8-4-9-15(11-5-3-6-11)13(16)12-7-1-2-10-17-12/h11-12H,1-10H2. The summed E-state index contributed by atoms with van der Waals surface area (Å²) in [5.74, 6) is 0.246. The lowest BCUT2D eigenvalue weighted by molar-refractivity contribution is -0.150. The van der Waals surface area contributed by atoms with Gasteiger partial charge in [0.15, 0.2) is 0 Å². The minimum Gasteiger partial charge on any atom is -0.368 e. The molecule has 0 spiro atoms. The summed E-state index contributed by atoms with van der Waals surface area (Å²) in [4.78, 5) is 14.5. The maximum atomic E-state index is 12.4. The summed E-state index contributed by atoms with van der Waals surface area (Å²) in [6, 6.07) is 0.493. The van der Waals surface area contributed by atoms with Crippen LogP contribution >= 0.6 is 15.9 Å². The van der Waals surface area contributed by atoms with Crippen molar-refractivity contribution in [1.29, 1.82) is 0 Å².